The first-order valence-electron chi connectivity index (χ1n) is 6.33. The Morgan fingerprint density at radius 2 is 1.80 bits per heavy atom. The van der Waals surface area contributed by atoms with Crippen molar-refractivity contribution in [1.29, 1.82) is 0 Å². The van der Waals surface area contributed by atoms with Crippen LogP contribution in [-0.4, -0.2) is 27.8 Å². The van der Waals surface area contributed by atoms with Gasteiger partial charge in [-0.15, -0.1) is 0 Å². The Kier molecular flexibility index (Phi) is 6.59. The lowest BCUT2D eigenvalue weighted by Gasteiger charge is -2.34. The average Bonchev–Trinajstić information content (AvgIpc) is 2.35. The van der Waals surface area contributed by atoms with Crippen molar-refractivity contribution < 1.29 is 4.79 Å². The molecule has 6 heteroatoms. The predicted molar refractivity (Wildman–Crippen MR) is 85.0 cm³/mol. The van der Waals surface area contributed by atoms with Gasteiger partial charge in [0.05, 0.1) is 0 Å². The molecule has 1 rings (SSSR count). The van der Waals surface area contributed by atoms with Crippen molar-refractivity contribution in [3.63, 3.8) is 0 Å². The fourth-order valence-electron chi connectivity index (χ4n) is 1.71. The molecule has 0 radical (unpaired) electrons. The summed E-state index contributed by atoms with van der Waals surface area (Å²) in [6.07, 6.45) is -0.692. The lowest BCUT2D eigenvalue weighted by Crippen LogP contribution is -2.54. The van der Waals surface area contributed by atoms with Crippen molar-refractivity contribution in [1.82, 2.24) is 10.2 Å². The monoisotopic (exact) mass is 336 g/mol. The Hall–Kier alpha value is -0.480. The molecule has 0 aliphatic carbocycles. The highest BCUT2D eigenvalue weighted by molar-refractivity contribution is 6.68. The van der Waals surface area contributed by atoms with E-state index in [0.717, 1.165) is 5.56 Å². The molecule has 0 saturated carbocycles. The zero-order valence-corrected chi connectivity index (χ0v) is 14.0. The van der Waals surface area contributed by atoms with Crippen LogP contribution < -0.4 is 5.32 Å². The Morgan fingerprint density at radius 3 is 2.25 bits per heavy atom. The van der Waals surface area contributed by atoms with Gasteiger partial charge in [0.2, 0.25) is 9.70 Å². The molecule has 20 heavy (non-hydrogen) atoms. The van der Waals surface area contributed by atoms with Crippen LogP contribution >= 0.6 is 34.8 Å². The van der Waals surface area contributed by atoms with Crippen LogP contribution in [-0.2, 0) is 11.3 Å². The van der Waals surface area contributed by atoms with E-state index in [2.05, 4.69) is 5.32 Å². The Bertz CT molecular complexity index is 432. The molecule has 1 unspecified atom stereocenters. The van der Waals surface area contributed by atoms with Gasteiger partial charge >= 0.3 is 0 Å². The van der Waals surface area contributed by atoms with E-state index in [1.54, 1.807) is 20.9 Å². The van der Waals surface area contributed by atoms with E-state index in [0.29, 0.717) is 6.54 Å². The van der Waals surface area contributed by atoms with Crippen molar-refractivity contribution in [3.05, 3.63) is 35.9 Å². The normalized spacial score (nSPS) is 13.6. The maximum absolute atomic E-state index is 11.8. The van der Waals surface area contributed by atoms with Gasteiger partial charge in [-0.3, -0.25) is 9.69 Å². The molecule has 112 valence electrons. The third-order valence-corrected chi connectivity index (χ3v) is 3.45. The summed E-state index contributed by atoms with van der Waals surface area (Å²) < 4.78 is -1.60. The molecule has 0 aliphatic rings. The summed E-state index contributed by atoms with van der Waals surface area (Å²) in [5.74, 6) is -0.323. The van der Waals surface area contributed by atoms with E-state index in [1.807, 2.05) is 35.2 Å². The van der Waals surface area contributed by atoms with Crippen molar-refractivity contribution in [2.75, 3.05) is 7.05 Å². The quantitative estimate of drug-likeness (QED) is 0.658. The Balaban J connectivity index is 2.80. The number of hydrogen-bond donors (Lipinski definition) is 1. The zero-order valence-electron chi connectivity index (χ0n) is 11.7. The van der Waals surface area contributed by atoms with Crippen LogP contribution in [0.4, 0.5) is 0 Å². The molecule has 0 aromatic heterocycles. The summed E-state index contributed by atoms with van der Waals surface area (Å²) in [5.41, 5.74) is 1.08. The molecule has 1 amide bonds. The van der Waals surface area contributed by atoms with Gasteiger partial charge in [0.25, 0.3) is 0 Å². The molecule has 1 N–H and O–H groups in total. The molecule has 0 spiro atoms. The van der Waals surface area contributed by atoms with E-state index >= 15 is 0 Å². The van der Waals surface area contributed by atoms with E-state index in [4.69, 9.17) is 34.8 Å². The van der Waals surface area contributed by atoms with Crippen molar-refractivity contribution in [2.24, 2.45) is 5.92 Å². The molecule has 1 atom stereocenters. The maximum atomic E-state index is 11.8. The number of rotatable bonds is 5. The van der Waals surface area contributed by atoms with Gasteiger partial charge in [-0.05, 0) is 12.6 Å². The summed E-state index contributed by atoms with van der Waals surface area (Å²) in [6, 6.07) is 9.79. The topological polar surface area (TPSA) is 32.3 Å². The van der Waals surface area contributed by atoms with Crippen LogP contribution in [0.15, 0.2) is 30.3 Å². The van der Waals surface area contributed by atoms with Crippen LogP contribution in [0, 0.1) is 5.92 Å². The zero-order chi connectivity index (χ0) is 15.3. The number of benzene rings is 1. The molecule has 0 heterocycles. The van der Waals surface area contributed by atoms with Gasteiger partial charge < -0.3 is 5.32 Å². The van der Waals surface area contributed by atoms with Crippen LogP contribution in [0.1, 0.15) is 19.4 Å². The van der Waals surface area contributed by atoms with E-state index in [9.17, 15) is 4.79 Å². The molecular weight excluding hydrogens is 319 g/mol. The van der Waals surface area contributed by atoms with Gasteiger partial charge in [-0.1, -0.05) is 79.0 Å². The standard InChI is InChI=1S/C14H19Cl3N2O/c1-10(2)12(20)18-13(14(15,16)17)19(3)9-11-7-5-4-6-8-11/h4-8,10,13H,9H2,1-3H3,(H,18,20). The van der Waals surface area contributed by atoms with Crippen LogP contribution in [0.2, 0.25) is 0 Å². The third kappa shape index (κ3) is 5.49. The first-order chi connectivity index (χ1) is 9.21. The Morgan fingerprint density at radius 1 is 1.25 bits per heavy atom. The SMILES string of the molecule is CC(C)C(=O)NC(N(C)Cc1ccccc1)C(Cl)(Cl)Cl. The van der Waals surface area contributed by atoms with Gasteiger partial charge in [0, 0.05) is 12.5 Å². The van der Waals surface area contributed by atoms with E-state index in [-0.39, 0.29) is 11.8 Å². The molecule has 3 nitrogen and oxygen atoms in total. The number of halogens is 3. The first kappa shape index (κ1) is 17.6. The van der Waals surface area contributed by atoms with E-state index in [1.165, 1.54) is 0 Å². The van der Waals surface area contributed by atoms with Gasteiger partial charge in [0.15, 0.2) is 0 Å². The molecule has 1 aromatic rings. The van der Waals surface area contributed by atoms with Crippen LogP contribution in [0.3, 0.4) is 0 Å². The molecule has 1 aromatic carbocycles. The minimum Gasteiger partial charge on any atom is -0.336 e. The highest BCUT2D eigenvalue weighted by Crippen LogP contribution is 2.32. The summed E-state index contributed by atoms with van der Waals surface area (Å²) in [4.78, 5) is 13.7. The summed E-state index contributed by atoms with van der Waals surface area (Å²) in [5, 5.41) is 2.77. The largest absolute Gasteiger partial charge is 0.336 e. The Labute approximate surface area is 135 Å². The van der Waals surface area contributed by atoms with Gasteiger partial charge in [-0.25, -0.2) is 0 Å². The van der Waals surface area contributed by atoms with Gasteiger partial charge in [0.1, 0.15) is 6.17 Å². The van der Waals surface area contributed by atoms with Crippen molar-refractivity contribution >= 4 is 40.7 Å². The highest BCUT2D eigenvalue weighted by atomic mass is 35.6. The lowest BCUT2D eigenvalue weighted by atomic mass is 10.2. The fraction of sp³-hybridized carbons (Fsp3) is 0.500. The summed E-state index contributed by atoms with van der Waals surface area (Å²) >= 11 is 18.0. The minimum absolute atomic E-state index is 0.152. The highest BCUT2D eigenvalue weighted by Gasteiger charge is 2.37. The second-order valence-corrected chi connectivity index (χ2v) is 7.38. The molecule has 0 aliphatic heterocycles. The minimum atomic E-state index is -1.60. The smallest absolute Gasteiger partial charge is 0.223 e. The van der Waals surface area contributed by atoms with Crippen LogP contribution in [0.5, 0.6) is 0 Å². The van der Waals surface area contributed by atoms with Crippen molar-refractivity contribution in [3.8, 4) is 0 Å². The molecule has 0 bridgehead atoms. The second-order valence-electron chi connectivity index (χ2n) is 5.01. The maximum Gasteiger partial charge on any atom is 0.223 e. The number of alkyl halides is 3. The first-order valence-corrected chi connectivity index (χ1v) is 7.46. The molecule has 0 saturated heterocycles. The van der Waals surface area contributed by atoms with Crippen LogP contribution in [0.25, 0.3) is 0 Å². The molecule has 0 fully saturated rings. The number of carbonyl (C=O) groups excluding carboxylic acids is 1. The summed E-state index contributed by atoms with van der Waals surface area (Å²) in [7, 11) is 1.81. The number of hydrogen-bond acceptors (Lipinski definition) is 2. The number of nitrogens with zero attached hydrogens (tertiary/aromatic N) is 1. The fourth-order valence-corrected chi connectivity index (χ4v) is 2.37. The lowest BCUT2D eigenvalue weighted by molar-refractivity contribution is -0.125. The third-order valence-electron chi connectivity index (χ3n) is 2.83. The number of nitrogens with one attached hydrogen (secondary N) is 1. The van der Waals surface area contributed by atoms with E-state index < -0.39 is 9.96 Å². The summed E-state index contributed by atoms with van der Waals surface area (Å²) in [6.45, 7) is 4.15. The number of amides is 1. The predicted octanol–water partition coefficient (Wildman–Crippen LogP) is 3.59. The average molecular weight is 338 g/mol. The van der Waals surface area contributed by atoms with Gasteiger partial charge in [-0.2, -0.15) is 0 Å². The van der Waals surface area contributed by atoms with Crippen molar-refractivity contribution in [2.45, 2.75) is 30.4 Å². The molecular formula is C14H19Cl3N2O. The second kappa shape index (κ2) is 7.51. The number of carbonyl (C=O) groups is 1.